The van der Waals surface area contributed by atoms with Gasteiger partial charge in [0.05, 0.1) is 29.2 Å². The number of carbonyl (C=O) groups is 1. The van der Waals surface area contributed by atoms with Crippen molar-refractivity contribution in [3.8, 4) is 5.75 Å². The van der Waals surface area contributed by atoms with E-state index in [2.05, 4.69) is 15.6 Å². The van der Waals surface area contributed by atoms with Crippen LogP contribution < -0.4 is 15.4 Å². The molecule has 1 amide bonds. The van der Waals surface area contributed by atoms with Gasteiger partial charge in [0.25, 0.3) is 5.91 Å². The largest absolute Gasteiger partial charge is 0.489 e. The van der Waals surface area contributed by atoms with Crippen molar-refractivity contribution in [3.63, 3.8) is 0 Å². The van der Waals surface area contributed by atoms with E-state index in [0.717, 1.165) is 11.3 Å². The number of rotatable bonds is 6. The van der Waals surface area contributed by atoms with Gasteiger partial charge >= 0.3 is 0 Å². The van der Waals surface area contributed by atoms with Gasteiger partial charge in [-0.05, 0) is 56.7 Å². The number of anilines is 3. The van der Waals surface area contributed by atoms with Crippen molar-refractivity contribution in [3.05, 3.63) is 77.1 Å². The molecule has 3 aromatic rings. The van der Waals surface area contributed by atoms with Gasteiger partial charge in [0.2, 0.25) is 0 Å². The quantitative estimate of drug-likeness (QED) is 0.551. The highest BCUT2D eigenvalue weighted by Crippen LogP contribution is 2.26. The number of amides is 1. The Labute approximate surface area is 169 Å². The number of nitrogens with one attached hydrogen (secondary N) is 2. The van der Waals surface area contributed by atoms with Gasteiger partial charge in [-0.3, -0.25) is 9.78 Å². The molecule has 0 saturated heterocycles. The summed E-state index contributed by atoms with van der Waals surface area (Å²) < 4.78 is 5.75. The molecule has 0 spiro atoms. The smallest absolute Gasteiger partial charge is 0.257 e. The summed E-state index contributed by atoms with van der Waals surface area (Å²) >= 11 is 6.17. The number of hydrogen-bond donors (Lipinski definition) is 2. The SMILES string of the molecule is Cc1ccc(Nc2cncc(C(=O)Nc3ccccc3OC(C)C)c2)cc1Cl. The summed E-state index contributed by atoms with van der Waals surface area (Å²) in [5.41, 5.74) is 3.57. The molecule has 1 heterocycles. The van der Waals surface area contributed by atoms with Crippen LogP contribution in [0.1, 0.15) is 29.8 Å². The molecular formula is C22H22ClN3O2. The summed E-state index contributed by atoms with van der Waals surface area (Å²) in [6, 6.07) is 14.8. The Morgan fingerprint density at radius 1 is 1.07 bits per heavy atom. The van der Waals surface area contributed by atoms with Gasteiger partial charge in [-0.25, -0.2) is 0 Å². The molecule has 0 aliphatic carbocycles. The molecule has 0 aliphatic rings. The Morgan fingerprint density at radius 3 is 2.61 bits per heavy atom. The van der Waals surface area contributed by atoms with Crippen LogP contribution in [-0.2, 0) is 0 Å². The van der Waals surface area contributed by atoms with E-state index < -0.39 is 0 Å². The normalized spacial score (nSPS) is 10.6. The van der Waals surface area contributed by atoms with Crippen LogP contribution in [0.4, 0.5) is 17.1 Å². The minimum absolute atomic E-state index is 0.00794. The van der Waals surface area contributed by atoms with Crippen molar-refractivity contribution in [2.75, 3.05) is 10.6 Å². The van der Waals surface area contributed by atoms with Gasteiger partial charge in [-0.15, -0.1) is 0 Å². The molecule has 5 nitrogen and oxygen atoms in total. The third-order valence-electron chi connectivity index (χ3n) is 3.96. The van der Waals surface area contributed by atoms with E-state index in [4.69, 9.17) is 16.3 Å². The number of carbonyl (C=O) groups excluding carboxylic acids is 1. The number of para-hydroxylation sites is 2. The van der Waals surface area contributed by atoms with E-state index >= 15 is 0 Å². The predicted octanol–water partition coefficient (Wildman–Crippen LogP) is 5.83. The maximum atomic E-state index is 12.7. The Kier molecular flexibility index (Phi) is 6.16. The second-order valence-electron chi connectivity index (χ2n) is 6.67. The third kappa shape index (κ3) is 5.02. The standard InChI is InChI=1S/C22H22ClN3O2/c1-14(2)28-21-7-5-4-6-20(21)26-22(27)16-10-18(13-24-12-16)25-17-9-8-15(3)19(23)11-17/h4-14,25H,1-3H3,(H,26,27). The van der Waals surface area contributed by atoms with Crippen LogP contribution in [0, 0.1) is 6.92 Å². The number of aromatic nitrogens is 1. The van der Waals surface area contributed by atoms with Crippen molar-refractivity contribution < 1.29 is 9.53 Å². The molecule has 0 saturated carbocycles. The number of aryl methyl sites for hydroxylation is 1. The average Bonchev–Trinajstić information content (AvgIpc) is 2.66. The molecule has 0 radical (unpaired) electrons. The second-order valence-corrected chi connectivity index (χ2v) is 7.08. The van der Waals surface area contributed by atoms with Gasteiger partial charge in [-0.1, -0.05) is 29.8 Å². The lowest BCUT2D eigenvalue weighted by atomic mass is 10.2. The monoisotopic (exact) mass is 395 g/mol. The van der Waals surface area contributed by atoms with E-state index in [9.17, 15) is 4.79 Å². The zero-order chi connectivity index (χ0) is 20.1. The minimum atomic E-state index is -0.266. The molecule has 1 aromatic heterocycles. The number of halogens is 1. The minimum Gasteiger partial charge on any atom is -0.489 e. The molecule has 0 fully saturated rings. The summed E-state index contributed by atoms with van der Waals surface area (Å²) in [5, 5.41) is 6.78. The van der Waals surface area contributed by atoms with Crippen molar-refractivity contribution in [1.82, 2.24) is 4.98 Å². The van der Waals surface area contributed by atoms with Crippen LogP contribution in [0.5, 0.6) is 5.75 Å². The third-order valence-corrected chi connectivity index (χ3v) is 4.37. The highest BCUT2D eigenvalue weighted by molar-refractivity contribution is 6.31. The molecule has 6 heteroatoms. The molecule has 0 bridgehead atoms. The van der Waals surface area contributed by atoms with Gasteiger partial charge in [0.15, 0.2) is 0 Å². The van der Waals surface area contributed by atoms with E-state index in [1.165, 1.54) is 6.20 Å². The second kappa shape index (κ2) is 8.76. The van der Waals surface area contributed by atoms with Crippen molar-refractivity contribution in [2.24, 2.45) is 0 Å². The first-order valence-corrected chi connectivity index (χ1v) is 9.35. The lowest BCUT2D eigenvalue weighted by molar-refractivity contribution is 0.102. The van der Waals surface area contributed by atoms with E-state index in [-0.39, 0.29) is 12.0 Å². The van der Waals surface area contributed by atoms with Crippen molar-refractivity contribution in [1.29, 1.82) is 0 Å². The van der Waals surface area contributed by atoms with Crippen LogP contribution in [0.2, 0.25) is 5.02 Å². The average molecular weight is 396 g/mol. The van der Waals surface area contributed by atoms with Crippen LogP contribution in [0.15, 0.2) is 60.9 Å². The Hall–Kier alpha value is -3.05. The Balaban J connectivity index is 1.76. The topological polar surface area (TPSA) is 63.2 Å². The highest BCUT2D eigenvalue weighted by atomic mass is 35.5. The van der Waals surface area contributed by atoms with Crippen LogP contribution in [0.25, 0.3) is 0 Å². The van der Waals surface area contributed by atoms with E-state index in [1.54, 1.807) is 18.3 Å². The molecule has 2 N–H and O–H groups in total. The maximum Gasteiger partial charge on any atom is 0.257 e. The summed E-state index contributed by atoms with van der Waals surface area (Å²) in [4.78, 5) is 16.9. The Bertz CT molecular complexity index is 989. The fourth-order valence-corrected chi connectivity index (χ4v) is 2.77. The number of nitrogens with zero attached hydrogens (tertiary/aromatic N) is 1. The van der Waals surface area contributed by atoms with Crippen LogP contribution >= 0.6 is 11.6 Å². The van der Waals surface area contributed by atoms with Crippen molar-refractivity contribution >= 4 is 34.6 Å². The van der Waals surface area contributed by atoms with Crippen LogP contribution in [0.3, 0.4) is 0 Å². The van der Waals surface area contributed by atoms with Crippen molar-refractivity contribution in [2.45, 2.75) is 26.9 Å². The predicted molar refractivity (Wildman–Crippen MR) is 114 cm³/mol. The van der Waals surface area contributed by atoms with Gasteiger partial charge < -0.3 is 15.4 Å². The number of benzene rings is 2. The van der Waals surface area contributed by atoms with Crippen LogP contribution in [-0.4, -0.2) is 17.0 Å². The molecule has 0 aliphatic heterocycles. The highest BCUT2D eigenvalue weighted by Gasteiger charge is 2.12. The summed E-state index contributed by atoms with van der Waals surface area (Å²) in [6.45, 7) is 5.82. The molecule has 2 aromatic carbocycles. The summed E-state index contributed by atoms with van der Waals surface area (Å²) in [5.74, 6) is 0.361. The van der Waals surface area contributed by atoms with Gasteiger partial charge in [0.1, 0.15) is 5.75 Å². The van der Waals surface area contributed by atoms with Gasteiger partial charge in [-0.2, -0.15) is 0 Å². The zero-order valence-electron chi connectivity index (χ0n) is 16.0. The number of pyridine rings is 1. The number of hydrogen-bond acceptors (Lipinski definition) is 4. The first-order valence-electron chi connectivity index (χ1n) is 8.97. The fourth-order valence-electron chi connectivity index (χ4n) is 2.59. The maximum absolute atomic E-state index is 12.7. The molecular weight excluding hydrogens is 374 g/mol. The fraction of sp³-hybridized carbons (Fsp3) is 0.182. The lowest BCUT2D eigenvalue weighted by Crippen LogP contribution is -2.15. The summed E-state index contributed by atoms with van der Waals surface area (Å²) in [6.07, 6.45) is 3.18. The molecule has 28 heavy (non-hydrogen) atoms. The molecule has 144 valence electrons. The lowest BCUT2D eigenvalue weighted by Gasteiger charge is -2.15. The molecule has 3 rings (SSSR count). The zero-order valence-corrected chi connectivity index (χ0v) is 16.7. The Morgan fingerprint density at radius 2 is 1.86 bits per heavy atom. The first kappa shape index (κ1) is 19.7. The summed E-state index contributed by atoms with van der Waals surface area (Å²) in [7, 11) is 0. The first-order chi connectivity index (χ1) is 13.4. The van der Waals surface area contributed by atoms with Gasteiger partial charge in [0, 0.05) is 16.9 Å². The van der Waals surface area contributed by atoms with E-state index in [0.29, 0.717) is 27.7 Å². The number of ether oxygens (including phenoxy) is 1. The molecule has 0 unspecified atom stereocenters. The van der Waals surface area contributed by atoms with E-state index in [1.807, 2.05) is 57.2 Å². The molecule has 0 atom stereocenters.